The fraction of sp³-hybridized carbons (Fsp3) is 0.192. The average Bonchev–Trinajstić information content (AvgIpc) is 3.59. The maximum atomic E-state index is 9.94. The Morgan fingerprint density at radius 1 is 1.00 bits per heavy atom. The lowest BCUT2D eigenvalue weighted by atomic mass is 9.77. The van der Waals surface area contributed by atoms with E-state index in [4.69, 9.17) is 15.2 Å². The lowest BCUT2D eigenvalue weighted by Gasteiger charge is -2.30. The highest BCUT2D eigenvalue weighted by atomic mass is 16.5. The molecule has 4 aromatic heterocycles. The van der Waals surface area contributed by atoms with Gasteiger partial charge in [-0.3, -0.25) is 4.98 Å². The maximum absolute atomic E-state index is 9.94. The molecule has 0 radical (unpaired) electrons. The Morgan fingerprint density at radius 2 is 1.86 bits per heavy atom. The van der Waals surface area contributed by atoms with Gasteiger partial charge in [-0.05, 0) is 56.3 Å². The number of benzene rings is 1. The number of pyridine rings is 1. The van der Waals surface area contributed by atoms with Crippen molar-refractivity contribution in [2.24, 2.45) is 0 Å². The zero-order valence-electron chi connectivity index (χ0n) is 18.8. The summed E-state index contributed by atoms with van der Waals surface area (Å²) in [7, 11) is 0. The summed E-state index contributed by atoms with van der Waals surface area (Å²) in [5, 5.41) is 18.6. The molecular weight excluding hydrogens is 440 g/mol. The molecule has 6 rings (SSSR count). The molecule has 4 N–H and O–H groups in total. The van der Waals surface area contributed by atoms with Crippen molar-refractivity contribution in [2.45, 2.75) is 18.3 Å². The molecule has 0 atom stereocenters. The van der Waals surface area contributed by atoms with Crippen LogP contribution in [0.4, 0.5) is 5.82 Å². The van der Waals surface area contributed by atoms with E-state index >= 15 is 0 Å². The highest BCUT2D eigenvalue weighted by Crippen LogP contribution is 2.34. The Balaban J connectivity index is 1.36. The molecule has 0 saturated carbocycles. The van der Waals surface area contributed by atoms with Gasteiger partial charge in [-0.1, -0.05) is 11.2 Å². The molecule has 1 fully saturated rings. The van der Waals surface area contributed by atoms with E-state index in [1.54, 1.807) is 12.4 Å². The van der Waals surface area contributed by atoms with E-state index in [9.17, 15) is 5.26 Å². The number of nitrogens with two attached hydrogens (primary N) is 1. The summed E-state index contributed by atoms with van der Waals surface area (Å²) in [5.41, 5.74) is 10.8. The number of fused-ring (bicyclic) bond motifs is 1. The summed E-state index contributed by atoms with van der Waals surface area (Å²) in [6.07, 6.45) is 6.67. The number of nitrogens with one attached hydrogen (secondary N) is 2. The number of H-pyrrole nitrogens is 1. The number of hydrogen-bond donors (Lipinski definition) is 3. The number of nitrogen functional groups attached to an aromatic ring is 1. The predicted molar refractivity (Wildman–Crippen MR) is 132 cm³/mol. The second-order valence-electron chi connectivity index (χ2n) is 8.72. The average molecular weight is 463 g/mol. The van der Waals surface area contributed by atoms with Crippen LogP contribution in [-0.2, 0) is 5.41 Å². The van der Waals surface area contributed by atoms with Gasteiger partial charge >= 0.3 is 0 Å². The number of rotatable bonds is 4. The summed E-state index contributed by atoms with van der Waals surface area (Å²) in [5.74, 6) is 0.681. The fourth-order valence-electron chi connectivity index (χ4n) is 4.58. The van der Waals surface area contributed by atoms with E-state index in [2.05, 4.69) is 31.5 Å². The minimum absolute atomic E-state index is 0.249. The molecular formula is C26H22N8O. The zero-order chi connectivity index (χ0) is 23.8. The molecule has 1 aliphatic heterocycles. The molecule has 5 heterocycles. The third-order valence-electron chi connectivity index (χ3n) is 6.61. The van der Waals surface area contributed by atoms with Crippen molar-refractivity contribution in [3.05, 3.63) is 66.7 Å². The lowest BCUT2D eigenvalue weighted by Crippen LogP contribution is -2.39. The predicted octanol–water partition coefficient (Wildman–Crippen LogP) is 4.07. The van der Waals surface area contributed by atoms with Crippen molar-refractivity contribution in [3.8, 4) is 40.0 Å². The van der Waals surface area contributed by atoms with Crippen LogP contribution in [-0.4, -0.2) is 38.2 Å². The van der Waals surface area contributed by atoms with E-state index in [1.807, 2.05) is 48.7 Å². The number of hydrogen-bond acceptors (Lipinski definition) is 8. The summed E-state index contributed by atoms with van der Waals surface area (Å²) in [4.78, 5) is 16.8. The van der Waals surface area contributed by atoms with Crippen molar-refractivity contribution in [1.82, 2.24) is 30.4 Å². The SMILES string of the molecule is N#CC1(c2cc(-c3cnc(N)c(-c4cc(-c5ccc6[nH]ccc6c5)no4)n3)ccn2)CCNCC1. The summed E-state index contributed by atoms with van der Waals surface area (Å²) >= 11 is 0. The Labute approximate surface area is 201 Å². The Kier molecular flexibility index (Phi) is 5.01. The largest absolute Gasteiger partial charge is 0.382 e. The number of aromatic nitrogens is 5. The van der Waals surface area contributed by atoms with Crippen LogP contribution in [0.1, 0.15) is 18.5 Å². The van der Waals surface area contributed by atoms with Gasteiger partial charge in [0.1, 0.15) is 11.1 Å². The van der Waals surface area contributed by atoms with Gasteiger partial charge in [0.05, 0.1) is 23.7 Å². The van der Waals surface area contributed by atoms with Crippen LogP contribution in [0.25, 0.3) is 44.9 Å². The Bertz CT molecular complexity index is 1570. The first kappa shape index (κ1) is 21.0. The Morgan fingerprint density at radius 3 is 2.71 bits per heavy atom. The monoisotopic (exact) mass is 462 g/mol. The molecule has 1 saturated heterocycles. The third-order valence-corrected chi connectivity index (χ3v) is 6.61. The van der Waals surface area contributed by atoms with Crippen LogP contribution in [0.5, 0.6) is 0 Å². The molecule has 0 amide bonds. The van der Waals surface area contributed by atoms with Crippen LogP contribution in [0.2, 0.25) is 0 Å². The highest BCUT2D eigenvalue weighted by Gasteiger charge is 2.35. The van der Waals surface area contributed by atoms with Crippen molar-refractivity contribution < 1.29 is 4.52 Å². The molecule has 9 heteroatoms. The first-order chi connectivity index (χ1) is 17.1. The van der Waals surface area contributed by atoms with Gasteiger partial charge in [0.15, 0.2) is 17.3 Å². The standard InChI is InChI=1S/C26H22N8O/c27-15-26(5-9-29-10-6-26)23-12-18(4-8-31-23)21-14-32-25(28)24(33-21)22-13-20(34-35-22)16-1-2-19-17(11-16)3-7-30-19/h1-4,7-8,11-14,29-30H,5-6,9-10H2,(H2,28,32). The van der Waals surface area contributed by atoms with Gasteiger partial charge in [0, 0.05) is 40.5 Å². The number of nitriles is 1. The molecule has 35 heavy (non-hydrogen) atoms. The zero-order valence-corrected chi connectivity index (χ0v) is 18.8. The molecule has 5 aromatic rings. The van der Waals surface area contributed by atoms with Crippen LogP contribution < -0.4 is 11.1 Å². The van der Waals surface area contributed by atoms with Crippen molar-refractivity contribution >= 4 is 16.7 Å². The van der Waals surface area contributed by atoms with Gasteiger partial charge in [-0.25, -0.2) is 9.97 Å². The summed E-state index contributed by atoms with van der Waals surface area (Å²) in [6, 6.07) is 16.1. The number of aromatic amines is 1. The number of nitrogens with zero attached hydrogens (tertiary/aromatic N) is 5. The van der Waals surface area contributed by atoms with Gasteiger partial charge in [-0.15, -0.1) is 0 Å². The first-order valence-corrected chi connectivity index (χ1v) is 11.4. The molecule has 0 unspecified atom stereocenters. The van der Waals surface area contributed by atoms with Crippen LogP contribution in [0, 0.1) is 11.3 Å². The number of piperidine rings is 1. The molecule has 1 aromatic carbocycles. The minimum Gasteiger partial charge on any atom is -0.382 e. The van der Waals surface area contributed by atoms with E-state index in [-0.39, 0.29) is 5.82 Å². The van der Waals surface area contributed by atoms with E-state index in [1.165, 1.54) is 0 Å². The highest BCUT2D eigenvalue weighted by molar-refractivity contribution is 5.85. The summed E-state index contributed by atoms with van der Waals surface area (Å²) in [6.45, 7) is 1.58. The molecule has 0 bridgehead atoms. The normalized spacial score (nSPS) is 15.2. The van der Waals surface area contributed by atoms with E-state index < -0.39 is 5.41 Å². The molecule has 0 spiro atoms. The minimum atomic E-state index is -0.605. The van der Waals surface area contributed by atoms with Gasteiger partial charge < -0.3 is 20.6 Å². The summed E-state index contributed by atoms with van der Waals surface area (Å²) < 4.78 is 5.62. The molecule has 0 aliphatic carbocycles. The van der Waals surface area contributed by atoms with Crippen molar-refractivity contribution in [1.29, 1.82) is 5.26 Å². The Hall–Kier alpha value is -4.55. The molecule has 172 valence electrons. The topological polar surface area (TPSA) is 142 Å². The number of anilines is 1. The van der Waals surface area contributed by atoms with E-state index in [0.29, 0.717) is 35.7 Å². The maximum Gasteiger partial charge on any atom is 0.189 e. The fourth-order valence-corrected chi connectivity index (χ4v) is 4.58. The van der Waals surface area contributed by atoms with Gasteiger partial charge in [0.25, 0.3) is 0 Å². The second-order valence-corrected chi connectivity index (χ2v) is 8.72. The lowest BCUT2D eigenvalue weighted by molar-refractivity contribution is 0.375. The smallest absolute Gasteiger partial charge is 0.189 e. The van der Waals surface area contributed by atoms with Gasteiger partial charge in [0.2, 0.25) is 0 Å². The van der Waals surface area contributed by atoms with Crippen molar-refractivity contribution in [3.63, 3.8) is 0 Å². The van der Waals surface area contributed by atoms with Crippen LogP contribution in [0.3, 0.4) is 0 Å². The van der Waals surface area contributed by atoms with E-state index in [0.717, 1.165) is 40.8 Å². The third kappa shape index (κ3) is 3.70. The van der Waals surface area contributed by atoms with Crippen LogP contribution in [0.15, 0.2) is 65.6 Å². The molecule has 1 aliphatic rings. The molecule has 9 nitrogen and oxygen atoms in total. The second kappa shape index (κ2) is 8.34. The van der Waals surface area contributed by atoms with Crippen molar-refractivity contribution in [2.75, 3.05) is 18.8 Å². The van der Waals surface area contributed by atoms with Crippen LogP contribution >= 0.6 is 0 Å². The first-order valence-electron chi connectivity index (χ1n) is 11.4. The van der Waals surface area contributed by atoms with Gasteiger partial charge in [-0.2, -0.15) is 5.26 Å². The quantitative estimate of drug-likeness (QED) is 0.363.